The molecule has 0 spiro atoms. The second-order valence-electron chi connectivity index (χ2n) is 13.4. The summed E-state index contributed by atoms with van der Waals surface area (Å²) < 4.78 is 23.9. The van der Waals surface area contributed by atoms with Crippen molar-refractivity contribution in [2.45, 2.75) is 50.9 Å². The van der Waals surface area contributed by atoms with Crippen LogP contribution < -0.4 is 19.4 Å². The molecule has 2 aromatic heterocycles. The number of anilines is 1. The number of pyridine rings is 2. The van der Waals surface area contributed by atoms with E-state index in [-0.39, 0.29) is 19.1 Å². The number of hydrogen-bond donors (Lipinski definition) is 0. The number of rotatable bonds is 13. The molecule has 4 fully saturated rings. The Labute approximate surface area is 307 Å². The van der Waals surface area contributed by atoms with Crippen molar-refractivity contribution in [2.75, 3.05) is 38.3 Å². The number of nitrogens with one attached hydrogen (secondary N) is 1. The molecule has 1 N–H and O–H groups in total. The number of nitrogens with zero attached hydrogens (tertiary/aromatic N) is 3. The van der Waals surface area contributed by atoms with E-state index in [4.69, 9.17) is 42.1 Å². The molecule has 1 saturated carbocycles. The fraction of sp³-hybridized carbons (Fsp3) is 0.385. The summed E-state index contributed by atoms with van der Waals surface area (Å²) in [4.78, 5) is 38.4. The number of fused-ring (bicyclic) bond motifs is 3. The van der Waals surface area contributed by atoms with E-state index in [9.17, 15) is 9.59 Å². The van der Waals surface area contributed by atoms with Gasteiger partial charge in [0.25, 0.3) is 0 Å². The Morgan fingerprint density at radius 1 is 1.00 bits per heavy atom. The van der Waals surface area contributed by atoms with Crippen molar-refractivity contribution < 1.29 is 33.5 Å². The zero-order chi connectivity index (χ0) is 35.3. The number of amides is 1. The number of esters is 1. The molecule has 5 heterocycles. The number of ether oxygens (including phenoxy) is 4. The first-order chi connectivity index (χ1) is 24.8. The third-order valence-corrected chi connectivity index (χ3v) is 10.6. The predicted molar refractivity (Wildman–Crippen MR) is 192 cm³/mol. The van der Waals surface area contributed by atoms with Gasteiger partial charge >= 0.3 is 12.1 Å². The largest absolute Gasteiger partial charge is 0.493 e. The Kier molecular flexibility index (Phi) is 10.9. The number of carbonyl (C=O) groups excluding carboxylic acids is 2. The summed E-state index contributed by atoms with van der Waals surface area (Å²) in [7, 11) is 1.59. The molecule has 1 aliphatic carbocycles. The third kappa shape index (κ3) is 8.57. The van der Waals surface area contributed by atoms with Gasteiger partial charge in [-0.1, -0.05) is 41.4 Å². The van der Waals surface area contributed by atoms with Gasteiger partial charge in [0.2, 0.25) is 0 Å². The Balaban J connectivity index is 1.09. The number of H-pyrrole nitrogens is 1. The minimum Gasteiger partial charge on any atom is -0.493 e. The molecule has 4 aromatic rings. The van der Waals surface area contributed by atoms with E-state index < -0.39 is 18.2 Å². The third-order valence-electron chi connectivity index (χ3n) is 9.92. The molecule has 2 atom stereocenters. The number of piperidine rings is 3. The summed E-state index contributed by atoms with van der Waals surface area (Å²) in [5.74, 6) is 1.58. The average Bonchev–Trinajstić information content (AvgIpc) is 4.00. The topological polar surface area (TPSA) is 105 Å². The highest BCUT2D eigenvalue weighted by molar-refractivity contribution is 6.35. The second-order valence-corrected chi connectivity index (χ2v) is 14.3. The average molecular weight is 733 g/mol. The molecule has 12 heteroatoms. The van der Waals surface area contributed by atoms with Crippen molar-refractivity contribution in [3.8, 4) is 11.5 Å². The van der Waals surface area contributed by atoms with E-state index in [1.165, 1.54) is 0 Å². The molecule has 266 valence electrons. The number of halogens is 2. The van der Waals surface area contributed by atoms with Crippen molar-refractivity contribution in [2.24, 2.45) is 11.8 Å². The minimum atomic E-state index is -0.744. The highest BCUT2D eigenvalue weighted by atomic mass is 35.5. The van der Waals surface area contributed by atoms with Crippen LogP contribution in [0.25, 0.3) is 0 Å². The molecule has 0 unspecified atom stereocenters. The van der Waals surface area contributed by atoms with Crippen LogP contribution in [0.5, 0.6) is 11.5 Å². The zero-order valence-electron chi connectivity index (χ0n) is 28.4. The summed E-state index contributed by atoms with van der Waals surface area (Å²) in [5, 5.41) is 0.855. The first-order valence-electron chi connectivity index (χ1n) is 17.4. The fourth-order valence-corrected chi connectivity index (χ4v) is 7.25. The van der Waals surface area contributed by atoms with Crippen LogP contribution in [-0.2, 0) is 22.4 Å². The normalized spacial score (nSPS) is 19.9. The van der Waals surface area contributed by atoms with E-state index >= 15 is 0 Å². The van der Waals surface area contributed by atoms with Gasteiger partial charge in [-0.3, -0.25) is 14.8 Å². The van der Waals surface area contributed by atoms with Gasteiger partial charge in [0, 0.05) is 24.7 Å². The minimum absolute atomic E-state index is 0.130. The smallest absolute Gasteiger partial charge is 0.414 e. The molecule has 51 heavy (non-hydrogen) atoms. The molecule has 2 aromatic carbocycles. The van der Waals surface area contributed by atoms with Gasteiger partial charge in [-0.05, 0) is 98.1 Å². The molecule has 3 saturated heterocycles. The van der Waals surface area contributed by atoms with E-state index in [0.717, 1.165) is 50.9 Å². The molecule has 8 rings (SSSR count). The summed E-state index contributed by atoms with van der Waals surface area (Å²) >= 11 is 13.1. The lowest BCUT2D eigenvalue weighted by Crippen LogP contribution is -2.53. The van der Waals surface area contributed by atoms with Crippen LogP contribution in [0.1, 0.15) is 58.8 Å². The monoisotopic (exact) mass is 731 g/mol. The second kappa shape index (κ2) is 15.9. The Bertz CT molecular complexity index is 1810. The van der Waals surface area contributed by atoms with Crippen LogP contribution in [0.2, 0.25) is 10.0 Å². The fourth-order valence-electron chi connectivity index (χ4n) is 6.72. The lowest BCUT2D eigenvalue weighted by atomic mass is 9.86. The maximum absolute atomic E-state index is 13.7. The summed E-state index contributed by atoms with van der Waals surface area (Å²) in [6.07, 6.45) is 9.91. The van der Waals surface area contributed by atoms with Crippen LogP contribution >= 0.6 is 23.2 Å². The van der Waals surface area contributed by atoms with Gasteiger partial charge in [-0.2, -0.15) is 0 Å². The molecular weight excluding hydrogens is 691 g/mol. The Hall–Kier alpha value is -4.38. The standard InChI is InChI=1S/C39H40Cl2N4O6/c1-48-34-11-10-29(17-36(34)49-24-26-4-5-26)35(18-31-32(40)20-43-21-33(31)41)50-38(46)28-8-6-25(7-9-28)22-45(30-3-2-14-42-19-30)39(47)51-37-23-44-15-12-27(37)13-16-44/h2-3,6-11,14,17,19-21,26-27,35,37H,4-5,12-13,15-16,18,22-24H2,1H3/p+1/t35-,37+/m1/s1. The zero-order valence-corrected chi connectivity index (χ0v) is 29.9. The van der Waals surface area contributed by atoms with E-state index in [0.29, 0.717) is 62.4 Å². The van der Waals surface area contributed by atoms with E-state index in [2.05, 4.69) is 14.9 Å². The molecule has 10 nitrogen and oxygen atoms in total. The molecule has 1 amide bonds. The first kappa shape index (κ1) is 35.0. The van der Waals surface area contributed by atoms with Crippen molar-refractivity contribution in [3.05, 3.63) is 112 Å². The molecule has 3 aliphatic heterocycles. The SMILES string of the molecule is COc1ccc([C@@H](Cc2c(Cl)c[nH+]cc2Cl)OC(=O)c2ccc(CN(C(=O)O[C@H]3CN4CCC3CC4)c3cccnc3)cc2)cc1OCC1CC1. The summed E-state index contributed by atoms with van der Waals surface area (Å²) in [6.45, 7) is 3.72. The van der Waals surface area contributed by atoms with Crippen LogP contribution in [0.3, 0.4) is 0 Å². The van der Waals surface area contributed by atoms with Crippen molar-refractivity contribution >= 4 is 41.0 Å². The Morgan fingerprint density at radius 3 is 2.41 bits per heavy atom. The highest BCUT2D eigenvalue weighted by Crippen LogP contribution is 2.37. The van der Waals surface area contributed by atoms with Crippen molar-refractivity contribution in [3.63, 3.8) is 0 Å². The van der Waals surface area contributed by atoms with Gasteiger partial charge < -0.3 is 18.9 Å². The number of hydrogen-bond acceptors (Lipinski definition) is 8. The van der Waals surface area contributed by atoms with Gasteiger partial charge in [0.1, 0.15) is 22.3 Å². The van der Waals surface area contributed by atoms with Crippen LogP contribution in [0.15, 0.2) is 79.4 Å². The predicted octanol–water partition coefficient (Wildman–Crippen LogP) is 7.38. The number of methoxy groups -OCH3 is 1. The highest BCUT2D eigenvalue weighted by Gasteiger charge is 2.37. The van der Waals surface area contributed by atoms with Gasteiger partial charge in [-0.15, -0.1) is 0 Å². The first-order valence-corrected chi connectivity index (χ1v) is 18.2. The molecule has 2 bridgehead atoms. The van der Waals surface area contributed by atoms with Crippen LogP contribution in [0, 0.1) is 11.8 Å². The van der Waals surface area contributed by atoms with Gasteiger partial charge in [0.05, 0.1) is 37.7 Å². The lowest BCUT2D eigenvalue weighted by molar-refractivity contribution is -0.377. The van der Waals surface area contributed by atoms with Gasteiger partial charge in [0.15, 0.2) is 23.9 Å². The van der Waals surface area contributed by atoms with Crippen molar-refractivity contribution in [1.82, 2.24) is 9.88 Å². The Morgan fingerprint density at radius 2 is 1.76 bits per heavy atom. The quantitative estimate of drug-likeness (QED) is 0.131. The number of aromatic amines is 1. The summed E-state index contributed by atoms with van der Waals surface area (Å²) in [5.41, 5.74) is 3.14. The molecule has 0 radical (unpaired) electrons. The lowest BCUT2D eigenvalue weighted by Gasteiger charge is -2.44. The number of aromatic nitrogens is 2. The van der Waals surface area contributed by atoms with E-state index in [1.807, 2.05) is 36.4 Å². The maximum Gasteiger partial charge on any atom is 0.414 e. The molecule has 4 aliphatic rings. The van der Waals surface area contributed by atoms with Crippen molar-refractivity contribution in [1.29, 1.82) is 0 Å². The van der Waals surface area contributed by atoms with Crippen LogP contribution in [-0.4, -0.2) is 61.4 Å². The number of benzene rings is 2. The van der Waals surface area contributed by atoms with E-state index in [1.54, 1.807) is 55.0 Å². The number of carbonyl (C=O) groups is 2. The molecular formula is C39H41Cl2N4O6+. The summed E-state index contributed by atoms with van der Waals surface area (Å²) in [6, 6.07) is 16.2. The van der Waals surface area contributed by atoms with Crippen LogP contribution in [0.4, 0.5) is 10.5 Å². The maximum atomic E-state index is 13.7. The van der Waals surface area contributed by atoms with Gasteiger partial charge in [-0.25, -0.2) is 14.6 Å².